The maximum Gasteiger partial charge on any atom is 0.314 e. The minimum atomic E-state index is -1.19. The van der Waals surface area contributed by atoms with Crippen LogP contribution in [0.5, 0.6) is 11.5 Å². The maximum absolute atomic E-state index is 13.8. The smallest absolute Gasteiger partial charge is 0.314 e. The molecule has 2 N–H and O–H groups in total. The number of hydrogen-bond donors (Lipinski definition) is 2. The van der Waals surface area contributed by atoms with Gasteiger partial charge in [-0.1, -0.05) is 19.3 Å². The van der Waals surface area contributed by atoms with E-state index < -0.39 is 17.2 Å². The number of carboxylic acids is 1. The molecule has 0 heterocycles. The van der Waals surface area contributed by atoms with Gasteiger partial charge in [-0.15, -0.1) is 0 Å². The van der Waals surface area contributed by atoms with Crippen LogP contribution in [0, 0.1) is 5.82 Å². The Hall–Kier alpha value is -1.78. The Morgan fingerprint density at radius 2 is 1.95 bits per heavy atom. The third-order valence-corrected chi connectivity index (χ3v) is 3.90. The van der Waals surface area contributed by atoms with E-state index in [0.29, 0.717) is 12.8 Å². The molecule has 2 rings (SSSR count). The first kappa shape index (κ1) is 13.6. The van der Waals surface area contributed by atoms with Crippen LogP contribution in [0.3, 0.4) is 0 Å². The van der Waals surface area contributed by atoms with E-state index in [0.717, 1.165) is 31.4 Å². The number of halogens is 1. The van der Waals surface area contributed by atoms with Crippen LogP contribution in [-0.4, -0.2) is 23.3 Å². The minimum Gasteiger partial charge on any atom is -0.507 e. The van der Waals surface area contributed by atoms with Crippen LogP contribution in [0.15, 0.2) is 12.1 Å². The van der Waals surface area contributed by atoms with Gasteiger partial charge in [0.15, 0.2) is 11.6 Å². The minimum absolute atomic E-state index is 0.0856. The van der Waals surface area contributed by atoms with Gasteiger partial charge in [0.05, 0.1) is 12.5 Å². The number of phenols is 1. The van der Waals surface area contributed by atoms with Crippen LogP contribution < -0.4 is 4.74 Å². The summed E-state index contributed by atoms with van der Waals surface area (Å²) in [6.45, 7) is 0. The summed E-state index contributed by atoms with van der Waals surface area (Å²) >= 11 is 0. The number of carbonyl (C=O) groups is 1. The molecule has 0 aliphatic heterocycles. The Bertz CT molecular complexity index is 492. The van der Waals surface area contributed by atoms with Crippen molar-refractivity contribution in [3.05, 3.63) is 23.5 Å². The number of carboxylic acid groups (broad SMARTS) is 1. The normalized spacial score (nSPS) is 18.0. The number of ether oxygens (including phenoxy) is 1. The number of benzene rings is 1. The summed E-state index contributed by atoms with van der Waals surface area (Å²) in [5.41, 5.74) is -1.03. The van der Waals surface area contributed by atoms with Crippen LogP contribution in [0.1, 0.15) is 37.7 Å². The number of phenolic OH excluding ortho intramolecular Hbond substituents is 1. The van der Waals surface area contributed by atoms with Crippen LogP contribution in [0.2, 0.25) is 0 Å². The molecule has 0 unspecified atom stereocenters. The van der Waals surface area contributed by atoms with Gasteiger partial charge in [-0.2, -0.15) is 0 Å². The standard InChI is InChI=1S/C14H17FO4/c1-19-12-8-11(16)9(7-10(12)15)14(13(17)18)5-3-2-4-6-14/h7-8,16H,2-6H2,1H3,(H,17,18). The lowest BCUT2D eigenvalue weighted by Gasteiger charge is -2.34. The second-order valence-electron chi connectivity index (χ2n) is 4.95. The van der Waals surface area contributed by atoms with Crippen molar-refractivity contribution in [3.63, 3.8) is 0 Å². The van der Waals surface area contributed by atoms with E-state index in [4.69, 9.17) is 4.74 Å². The van der Waals surface area contributed by atoms with Crippen molar-refractivity contribution < 1.29 is 24.1 Å². The van der Waals surface area contributed by atoms with Gasteiger partial charge in [0.25, 0.3) is 0 Å². The molecule has 4 nitrogen and oxygen atoms in total. The number of methoxy groups -OCH3 is 1. The van der Waals surface area contributed by atoms with Gasteiger partial charge in [0.1, 0.15) is 5.75 Å². The molecule has 5 heteroatoms. The highest BCUT2D eigenvalue weighted by molar-refractivity contribution is 5.82. The molecule has 0 spiro atoms. The molecule has 0 amide bonds. The van der Waals surface area contributed by atoms with Crippen molar-refractivity contribution in [2.24, 2.45) is 0 Å². The first-order chi connectivity index (χ1) is 9.01. The topological polar surface area (TPSA) is 66.8 Å². The van der Waals surface area contributed by atoms with E-state index in [1.165, 1.54) is 7.11 Å². The lowest BCUT2D eigenvalue weighted by atomic mass is 9.69. The van der Waals surface area contributed by atoms with E-state index in [1.807, 2.05) is 0 Å². The predicted octanol–water partition coefficient (Wildman–Crippen LogP) is 2.83. The van der Waals surface area contributed by atoms with Crippen molar-refractivity contribution >= 4 is 5.97 Å². The molecule has 1 saturated carbocycles. The second kappa shape index (κ2) is 5.07. The summed E-state index contributed by atoms with van der Waals surface area (Å²) in [6, 6.07) is 2.23. The molecule has 1 aromatic carbocycles. The molecule has 104 valence electrons. The zero-order valence-electron chi connectivity index (χ0n) is 10.8. The van der Waals surface area contributed by atoms with Crippen molar-refractivity contribution in [3.8, 4) is 11.5 Å². The molecule has 0 saturated heterocycles. The molecule has 1 aliphatic rings. The summed E-state index contributed by atoms with van der Waals surface area (Å²) < 4.78 is 18.6. The van der Waals surface area contributed by atoms with Crippen LogP contribution in [0.25, 0.3) is 0 Å². The van der Waals surface area contributed by atoms with Gasteiger partial charge in [-0.3, -0.25) is 4.79 Å². The molecular formula is C14H17FO4. The van der Waals surface area contributed by atoms with Gasteiger partial charge < -0.3 is 14.9 Å². The predicted molar refractivity (Wildman–Crippen MR) is 67.0 cm³/mol. The Balaban J connectivity index is 2.54. The molecule has 0 aromatic heterocycles. The first-order valence-electron chi connectivity index (χ1n) is 6.31. The Kier molecular flexibility index (Phi) is 3.64. The van der Waals surface area contributed by atoms with Crippen LogP contribution in [0.4, 0.5) is 4.39 Å². The van der Waals surface area contributed by atoms with Crippen LogP contribution in [-0.2, 0) is 10.2 Å². The monoisotopic (exact) mass is 268 g/mol. The fourth-order valence-electron chi connectivity index (χ4n) is 2.84. The molecule has 19 heavy (non-hydrogen) atoms. The van der Waals surface area contributed by atoms with Crippen LogP contribution >= 0.6 is 0 Å². The molecule has 1 fully saturated rings. The van der Waals surface area contributed by atoms with Gasteiger partial charge in [0, 0.05) is 11.6 Å². The largest absolute Gasteiger partial charge is 0.507 e. The summed E-state index contributed by atoms with van der Waals surface area (Å²) in [6.07, 6.45) is 3.33. The second-order valence-corrected chi connectivity index (χ2v) is 4.95. The highest BCUT2D eigenvalue weighted by atomic mass is 19.1. The SMILES string of the molecule is COc1cc(O)c(C2(C(=O)O)CCCCC2)cc1F. The van der Waals surface area contributed by atoms with E-state index >= 15 is 0 Å². The number of hydrogen-bond acceptors (Lipinski definition) is 3. The molecule has 0 bridgehead atoms. The highest BCUT2D eigenvalue weighted by Gasteiger charge is 2.43. The summed E-state index contributed by atoms with van der Waals surface area (Å²) in [4.78, 5) is 11.6. The fraction of sp³-hybridized carbons (Fsp3) is 0.500. The lowest BCUT2D eigenvalue weighted by molar-refractivity contribution is -0.145. The molecule has 1 aromatic rings. The summed E-state index contributed by atoms with van der Waals surface area (Å²) in [5.74, 6) is -1.96. The van der Waals surface area contributed by atoms with E-state index in [2.05, 4.69) is 0 Å². The molecule has 0 atom stereocenters. The highest BCUT2D eigenvalue weighted by Crippen LogP contribution is 2.44. The number of rotatable bonds is 3. The number of aliphatic carboxylic acids is 1. The van der Waals surface area contributed by atoms with Crippen molar-refractivity contribution in [1.29, 1.82) is 0 Å². The van der Waals surface area contributed by atoms with E-state index in [9.17, 15) is 19.4 Å². The van der Waals surface area contributed by atoms with Gasteiger partial charge in [-0.05, 0) is 18.9 Å². The summed E-state index contributed by atoms with van der Waals surface area (Å²) in [5, 5.41) is 19.5. The average Bonchev–Trinajstić information content (AvgIpc) is 2.41. The van der Waals surface area contributed by atoms with Crippen molar-refractivity contribution in [2.45, 2.75) is 37.5 Å². The van der Waals surface area contributed by atoms with Gasteiger partial charge in [-0.25, -0.2) is 4.39 Å². The van der Waals surface area contributed by atoms with Gasteiger partial charge >= 0.3 is 5.97 Å². The first-order valence-corrected chi connectivity index (χ1v) is 6.31. The molecular weight excluding hydrogens is 251 g/mol. The van der Waals surface area contributed by atoms with E-state index in [1.54, 1.807) is 0 Å². The Labute approximate surface area is 110 Å². The molecule has 0 radical (unpaired) electrons. The fourth-order valence-corrected chi connectivity index (χ4v) is 2.84. The average molecular weight is 268 g/mol. The third-order valence-electron chi connectivity index (χ3n) is 3.90. The van der Waals surface area contributed by atoms with Crippen molar-refractivity contribution in [1.82, 2.24) is 0 Å². The lowest BCUT2D eigenvalue weighted by Crippen LogP contribution is -2.38. The maximum atomic E-state index is 13.8. The Morgan fingerprint density at radius 3 is 2.47 bits per heavy atom. The number of aromatic hydroxyl groups is 1. The Morgan fingerprint density at radius 1 is 1.32 bits per heavy atom. The summed E-state index contributed by atoms with van der Waals surface area (Å²) in [7, 11) is 1.30. The third kappa shape index (κ3) is 2.25. The van der Waals surface area contributed by atoms with E-state index in [-0.39, 0.29) is 17.1 Å². The zero-order valence-corrected chi connectivity index (χ0v) is 10.8. The van der Waals surface area contributed by atoms with Crippen molar-refractivity contribution in [2.75, 3.05) is 7.11 Å². The molecule has 1 aliphatic carbocycles. The van der Waals surface area contributed by atoms with Gasteiger partial charge in [0.2, 0.25) is 0 Å². The zero-order chi connectivity index (χ0) is 14.0. The quantitative estimate of drug-likeness (QED) is 0.884.